The van der Waals surface area contributed by atoms with E-state index in [9.17, 15) is 18.0 Å². The van der Waals surface area contributed by atoms with Crippen LogP contribution in [0, 0.1) is 24.4 Å². The summed E-state index contributed by atoms with van der Waals surface area (Å²) in [6, 6.07) is 7.02. The van der Waals surface area contributed by atoms with Crippen molar-refractivity contribution < 1.29 is 18.0 Å². The number of halogens is 3. The summed E-state index contributed by atoms with van der Waals surface area (Å²) in [6.07, 6.45) is 0. The molecule has 0 saturated carbocycles. The minimum absolute atomic E-state index is 0.112. The lowest BCUT2D eigenvalue weighted by Crippen LogP contribution is -2.22. The summed E-state index contributed by atoms with van der Waals surface area (Å²) in [5, 5.41) is 5.06. The Kier molecular flexibility index (Phi) is 4.47. The largest absolute Gasteiger partial charge is 0.376 e. The van der Waals surface area contributed by atoms with Crippen molar-refractivity contribution in [3.63, 3.8) is 0 Å². The van der Waals surface area contributed by atoms with Gasteiger partial charge in [0.1, 0.15) is 17.5 Å². The van der Waals surface area contributed by atoms with Crippen molar-refractivity contribution in [1.82, 2.24) is 0 Å². The minimum Gasteiger partial charge on any atom is -0.376 e. The Hall–Kier alpha value is -2.50. The SMILES string of the molecule is Cc1ccc(F)cc1NCC(=O)Nc1ccc(F)cc1F. The van der Waals surface area contributed by atoms with Crippen LogP contribution in [0.25, 0.3) is 0 Å². The Labute approximate surface area is 119 Å². The van der Waals surface area contributed by atoms with Crippen LogP contribution in [-0.4, -0.2) is 12.5 Å². The van der Waals surface area contributed by atoms with Crippen LogP contribution >= 0.6 is 0 Å². The Morgan fingerprint density at radius 1 is 1.00 bits per heavy atom. The van der Waals surface area contributed by atoms with E-state index in [2.05, 4.69) is 10.6 Å². The maximum Gasteiger partial charge on any atom is 0.243 e. The van der Waals surface area contributed by atoms with Crippen molar-refractivity contribution in [3.8, 4) is 0 Å². The average molecular weight is 294 g/mol. The van der Waals surface area contributed by atoms with E-state index in [0.29, 0.717) is 11.8 Å². The smallest absolute Gasteiger partial charge is 0.243 e. The lowest BCUT2D eigenvalue weighted by molar-refractivity contribution is -0.114. The van der Waals surface area contributed by atoms with Crippen LogP contribution in [0.3, 0.4) is 0 Å². The molecule has 6 heteroatoms. The van der Waals surface area contributed by atoms with Crippen LogP contribution in [0.1, 0.15) is 5.56 Å². The first-order valence-corrected chi connectivity index (χ1v) is 6.20. The number of rotatable bonds is 4. The molecule has 0 heterocycles. The highest BCUT2D eigenvalue weighted by Gasteiger charge is 2.08. The molecule has 2 rings (SSSR count). The van der Waals surface area contributed by atoms with Crippen LogP contribution < -0.4 is 10.6 Å². The van der Waals surface area contributed by atoms with Gasteiger partial charge in [-0.2, -0.15) is 0 Å². The van der Waals surface area contributed by atoms with E-state index in [-0.39, 0.29) is 12.2 Å². The van der Waals surface area contributed by atoms with Crippen LogP contribution in [0.2, 0.25) is 0 Å². The molecule has 0 spiro atoms. The average Bonchev–Trinajstić information content (AvgIpc) is 2.43. The van der Waals surface area contributed by atoms with Gasteiger partial charge in [-0.15, -0.1) is 0 Å². The second-order valence-corrected chi connectivity index (χ2v) is 4.49. The highest BCUT2D eigenvalue weighted by Crippen LogP contribution is 2.17. The fraction of sp³-hybridized carbons (Fsp3) is 0.133. The quantitative estimate of drug-likeness (QED) is 0.906. The van der Waals surface area contributed by atoms with E-state index >= 15 is 0 Å². The number of benzene rings is 2. The summed E-state index contributed by atoms with van der Waals surface area (Å²) in [7, 11) is 0. The first kappa shape index (κ1) is 14.9. The van der Waals surface area contributed by atoms with Gasteiger partial charge in [0.15, 0.2) is 0 Å². The van der Waals surface area contributed by atoms with E-state index in [1.807, 2.05) is 0 Å². The van der Waals surface area contributed by atoms with Crippen molar-refractivity contribution in [2.24, 2.45) is 0 Å². The summed E-state index contributed by atoms with van der Waals surface area (Å²) in [5.74, 6) is -2.53. The topological polar surface area (TPSA) is 41.1 Å². The molecule has 0 aromatic heterocycles. The monoisotopic (exact) mass is 294 g/mol. The molecule has 0 aliphatic heterocycles. The fourth-order valence-corrected chi connectivity index (χ4v) is 1.75. The van der Waals surface area contributed by atoms with Crippen molar-refractivity contribution >= 4 is 17.3 Å². The van der Waals surface area contributed by atoms with Gasteiger partial charge in [0.2, 0.25) is 5.91 Å². The van der Waals surface area contributed by atoms with Crippen molar-refractivity contribution in [3.05, 3.63) is 59.4 Å². The molecule has 21 heavy (non-hydrogen) atoms. The Morgan fingerprint density at radius 3 is 2.38 bits per heavy atom. The summed E-state index contributed by atoms with van der Waals surface area (Å²) in [6.45, 7) is 1.60. The van der Waals surface area contributed by atoms with Crippen LogP contribution in [0.15, 0.2) is 36.4 Å². The highest BCUT2D eigenvalue weighted by molar-refractivity contribution is 5.93. The lowest BCUT2D eigenvalue weighted by atomic mass is 10.2. The maximum atomic E-state index is 13.4. The number of carbonyl (C=O) groups is 1. The van der Waals surface area contributed by atoms with E-state index in [1.54, 1.807) is 13.0 Å². The van der Waals surface area contributed by atoms with Gasteiger partial charge in [0.25, 0.3) is 0 Å². The predicted octanol–water partition coefficient (Wildman–Crippen LogP) is 3.46. The molecule has 0 atom stereocenters. The van der Waals surface area contributed by atoms with E-state index in [1.165, 1.54) is 12.1 Å². The van der Waals surface area contributed by atoms with E-state index in [0.717, 1.165) is 17.7 Å². The molecular formula is C15H13F3N2O. The standard InChI is InChI=1S/C15H13F3N2O/c1-9-2-3-11(17)7-14(9)19-8-15(21)20-13-5-4-10(16)6-12(13)18/h2-7,19H,8H2,1H3,(H,20,21). The van der Waals surface area contributed by atoms with Crippen molar-refractivity contribution in [2.45, 2.75) is 6.92 Å². The van der Waals surface area contributed by atoms with Crippen LogP contribution in [0.5, 0.6) is 0 Å². The second-order valence-electron chi connectivity index (χ2n) is 4.49. The molecule has 3 nitrogen and oxygen atoms in total. The highest BCUT2D eigenvalue weighted by atomic mass is 19.1. The summed E-state index contributed by atoms with van der Waals surface area (Å²) < 4.78 is 39.2. The maximum absolute atomic E-state index is 13.4. The summed E-state index contributed by atoms with van der Waals surface area (Å²) >= 11 is 0. The Morgan fingerprint density at radius 2 is 1.67 bits per heavy atom. The molecule has 0 aliphatic carbocycles. The Bertz CT molecular complexity index is 674. The number of anilines is 2. The molecule has 0 unspecified atom stereocenters. The molecule has 0 fully saturated rings. The molecule has 2 aromatic rings. The van der Waals surface area contributed by atoms with Crippen LogP contribution in [-0.2, 0) is 4.79 Å². The van der Waals surface area contributed by atoms with Gasteiger partial charge >= 0.3 is 0 Å². The van der Waals surface area contributed by atoms with Gasteiger partial charge in [-0.1, -0.05) is 6.07 Å². The Balaban J connectivity index is 1.97. The number of carbonyl (C=O) groups excluding carboxylic acids is 1. The number of hydrogen-bond donors (Lipinski definition) is 2. The molecule has 0 radical (unpaired) electrons. The zero-order valence-electron chi connectivity index (χ0n) is 11.2. The number of hydrogen-bond acceptors (Lipinski definition) is 2. The number of aryl methyl sites for hydroxylation is 1. The third kappa shape index (κ3) is 3.98. The first-order valence-electron chi connectivity index (χ1n) is 6.20. The van der Waals surface area contributed by atoms with Gasteiger partial charge in [-0.05, 0) is 36.8 Å². The zero-order chi connectivity index (χ0) is 15.4. The van der Waals surface area contributed by atoms with Gasteiger partial charge in [-0.25, -0.2) is 13.2 Å². The molecular weight excluding hydrogens is 281 g/mol. The second kappa shape index (κ2) is 6.30. The predicted molar refractivity (Wildman–Crippen MR) is 74.6 cm³/mol. The first-order chi connectivity index (χ1) is 9.95. The lowest BCUT2D eigenvalue weighted by Gasteiger charge is -2.10. The molecule has 1 amide bonds. The number of nitrogens with one attached hydrogen (secondary N) is 2. The molecule has 0 bridgehead atoms. The van der Waals surface area contributed by atoms with Gasteiger partial charge in [0, 0.05) is 11.8 Å². The fourth-order valence-electron chi connectivity index (χ4n) is 1.75. The summed E-state index contributed by atoms with van der Waals surface area (Å²) in [5.41, 5.74) is 1.14. The molecule has 0 saturated heterocycles. The van der Waals surface area contributed by atoms with Crippen LogP contribution in [0.4, 0.5) is 24.5 Å². The van der Waals surface area contributed by atoms with Gasteiger partial charge in [0.05, 0.1) is 12.2 Å². The van der Waals surface area contributed by atoms with Gasteiger partial charge in [-0.3, -0.25) is 4.79 Å². The third-order valence-electron chi connectivity index (χ3n) is 2.84. The molecule has 2 N–H and O–H groups in total. The molecule has 2 aromatic carbocycles. The van der Waals surface area contributed by atoms with E-state index in [4.69, 9.17) is 0 Å². The van der Waals surface area contributed by atoms with Crippen molar-refractivity contribution in [2.75, 3.05) is 17.2 Å². The molecule has 110 valence electrons. The third-order valence-corrected chi connectivity index (χ3v) is 2.84. The molecule has 0 aliphatic rings. The normalized spacial score (nSPS) is 10.3. The van der Waals surface area contributed by atoms with Crippen molar-refractivity contribution in [1.29, 1.82) is 0 Å². The zero-order valence-corrected chi connectivity index (χ0v) is 11.2. The van der Waals surface area contributed by atoms with E-state index < -0.39 is 23.4 Å². The minimum atomic E-state index is -0.856. The number of amides is 1. The summed E-state index contributed by atoms with van der Waals surface area (Å²) in [4.78, 5) is 11.7. The van der Waals surface area contributed by atoms with Gasteiger partial charge < -0.3 is 10.6 Å².